The van der Waals surface area contributed by atoms with Gasteiger partial charge in [-0.05, 0) is 0 Å². The van der Waals surface area contributed by atoms with Crippen molar-refractivity contribution in [1.29, 1.82) is 0 Å². The lowest BCUT2D eigenvalue weighted by atomic mass is 10.4. The molecule has 0 aliphatic carbocycles. The van der Waals surface area contributed by atoms with Crippen molar-refractivity contribution >= 4 is 11.9 Å². The maximum atomic E-state index is 10.6. The number of aryl methyl sites for hydroxylation is 1. The number of primary amides is 1. The van der Waals surface area contributed by atoms with Crippen LogP contribution in [0, 0.1) is 0 Å². The van der Waals surface area contributed by atoms with E-state index in [9.17, 15) is 18.0 Å². The van der Waals surface area contributed by atoms with Gasteiger partial charge in [0.05, 0.1) is 12.5 Å². The molecule has 0 fully saturated rings. The summed E-state index contributed by atoms with van der Waals surface area (Å²) in [5, 5.41) is 7.12. The van der Waals surface area contributed by atoms with Gasteiger partial charge in [-0.3, -0.25) is 4.79 Å². The summed E-state index contributed by atoms with van der Waals surface area (Å²) in [5.74, 6) is -3.21. The van der Waals surface area contributed by atoms with Crippen LogP contribution in [0.3, 0.4) is 0 Å². The molecule has 6 nitrogen and oxygen atoms in total. The summed E-state index contributed by atoms with van der Waals surface area (Å²) in [6.07, 6.45) is -2.12. The largest absolute Gasteiger partial charge is 0.490 e. The monoisotopic (exact) mass is 239 g/mol. The van der Waals surface area contributed by atoms with Crippen molar-refractivity contribution in [1.82, 2.24) is 9.55 Å². The third kappa shape index (κ3) is 4.44. The van der Waals surface area contributed by atoms with E-state index < -0.39 is 18.1 Å². The second-order valence-corrected chi connectivity index (χ2v) is 2.56. The van der Waals surface area contributed by atoms with E-state index in [0.717, 1.165) is 0 Å². The fourth-order valence-corrected chi connectivity index (χ4v) is 0.595. The highest BCUT2D eigenvalue weighted by Gasteiger charge is 2.38. The molecular formula is C7H8F3N3O3. The quantitative estimate of drug-likeness (QED) is 0.728. The number of carbonyl (C=O) groups is 2. The Morgan fingerprint density at radius 2 is 1.94 bits per heavy atom. The molecule has 0 saturated carbocycles. The first-order chi connectivity index (χ1) is 7.16. The van der Waals surface area contributed by atoms with Crippen molar-refractivity contribution in [2.45, 2.75) is 6.18 Å². The van der Waals surface area contributed by atoms with E-state index in [1.807, 2.05) is 0 Å². The molecule has 1 amide bonds. The summed E-state index contributed by atoms with van der Waals surface area (Å²) in [5.41, 5.74) is 5.39. The zero-order valence-electron chi connectivity index (χ0n) is 8.02. The number of alkyl halides is 3. The van der Waals surface area contributed by atoms with Gasteiger partial charge in [0.15, 0.2) is 0 Å². The van der Waals surface area contributed by atoms with Crippen LogP contribution < -0.4 is 5.73 Å². The summed E-state index contributed by atoms with van der Waals surface area (Å²) in [4.78, 5) is 23.0. The van der Waals surface area contributed by atoms with E-state index >= 15 is 0 Å². The number of aromatic nitrogens is 2. The fraction of sp³-hybridized carbons (Fsp3) is 0.286. The molecular weight excluding hydrogens is 231 g/mol. The molecule has 16 heavy (non-hydrogen) atoms. The molecule has 1 aromatic heterocycles. The number of carboxylic acids is 1. The van der Waals surface area contributed by atoms with E-state index in [1.165, 1.54) is 12.5 Å². The molecule has 0 radical (unpaired) electrons. The Morgan fingerprint density at radius 3 is 2.06 bits per heavy atom. The van der Waals surface area contributed by atoms with Crippen LogP contribution in [0.4, 0.5) is 13.2 Å². The van der Waals surface area contributed by atoms with E-state index in [4.69, 9.17) is 15.6 Å². The lowest BCUT2D eigenvalue weighted by molar-refractivity contribution is -0.192. The summed E-state index contributed by atoms with van der Waals surface area (Å²) >= 11 is 0. The van der Waals surface area contributed by atoms with Crippen molar-refractivity contribution in [2.75, 3.05) is 0 Å². The Balaban J connectivity index is 0.000000293. The second-order valence-electron chi connectivity index (χ2n) is 2.56. The number of carboxylic acid groups (broad SMARTS) is 1. The fourth-order valence-electron chi connectivity index (χ4n) is 0.595. The first kappa shape index (κ1) is 13.9. The number of hydrogen-bond donors (Lipinski definition) is 2. The Morgan fingerprint density at radius 1 is 1.50 bits per heavy atom. The third-order valence-electron chi connectivity index (χ3n) is 1.31. The minimum Gasteiger partial charge on any atom is -0.475 e. The molecule has 0 aliphatic heterocycles. The second kappa shape index (κ2) is 5.14. The number of imidazole rings is 1. The highest BCUT2D eigenvalue weighted by Crippen LogP contribution is 2.13. The molecule has 1 heterocycles. The summed E-state index contributed by atoms with van der Waals surface area (Å²) in [6, 6.07) is 0. The van der Waals surface area contributed by atoms with Crippen molar-refractivity contribution < 1.29 is 27.9 Å². The number of amides is 1. The van der Waals surface area contributed by atoms with Crippen LogP contribution in [0.1, 0.15) is 10.5 Å². The highest BCUT2D eigenvalue weighted by molar-refractivity contribution is 5.90. The number of halogens is 3. The molecule has 0 bridgehead atoms. The van der Waals surface area contributed by atoms with Gasteiger partial charge in [0.25, 0.3) is 5.91 Å². The molecule has 0 saturated heterocycles. The maximum Gasteiger partial charge on any atom is 0.490 e. The van der Waals surface area contributed by atoms with Crippen molar-refractivity contribution in [3.8, 4) is 0 Å². The van der Waals surface area contributed by atoms with Gasteiger partial charge in [-0.25, -0.2) is 9.78 Å². The van der Waals surface area contributed by atoms with Gasteiger partial charge >= 0.3 is 12.1 Å². The summed E-state index contributed by atoms with van der Waals surface area (Å²) in [7, 11) is 1.72. The number of carbonyl (C=O) groups excluding carboxylic acids is 1. The topological polar surface area (TPSA) is 98.2 Å². The zero-order chi connectivity index (χ0) is 12.9. The Hall–Kier alpha value is -2.06. The summed E-state index contributed by atoms with van der Waals surface area (Å²) in [6.45, 7) is 0. The number of aliphatic carboxylic acids is 1. The molecule has 0 aliphatic rings. The minimum atomic E-state index is -5.08. The van der Waals surface area contributed by atoms with E-state index in [0.29, 0.717) is 5.69 Å². The van der Waals surface area contributed by atoms with Gasteiger partial charge in [-0.1, -0.05) is 0 Å². The Labute approximate surface area is 87.5 Å². The molecule has 0 atom stereocenters. The number of rotatable bonds is 1. The third-order valence-corrected chi connectivity index (χ3v) is 1.31. The van der Waals surface area contributed by atoms with Crippen LogP contribution in [-0.2, 0) is 11.8 Å². The standard InChI is InChI=1S/C5H7N3O.C2HF3O2/c1-8-3-7-2-4(8)5(6)9;3-2(4,5)1(6)7/h2-3H,1H3,(H2,6,9);(H,6,7). The Bertz CT molecular complexity index is 386. The van der Waals surface area contributed by atoms with Gasteiger partial charge in [-0.15, -0.1) is 0 Å². The molecule has 90 valence electrons. The van der Waals surface area contributed by atoms with Crippen LogP contribution in [-0.4, -0.2) is 32.7 Å². The molecule has 0 unspecified atom stereocenters. The Kier molecular flexibility index (Phi) is 4.48. The van der Waals surface area contributed by atoms with Crippen LogP contribution in [0.25, 0.3) is 0 Å². The van der Waals surface area contributed by atoms with Crippen LogP contribution in [0.2, 0.25) is 0 Å². The first-order valence-electron chi connectivity index (χ1n) is 3.72. The van der Waals surface area contributed by atoms with Crippen molar-refractivity contribution in [3.05, 3.63) is 18.2 Å². The van der Waals surface area contributed by atoms with Gasteiger partial charge < -0.3 is 15.4 Å². The minimum absolute atomic E-state index is 0.426. The predicted molar refractivity (Wildman–Crippen MR) is 45.4 cm³/mol. The molecule has 0 aromatic carbocycles. The molecule has 1 aromatic rings. The van der Waals surface area contributed by atoms with Crippen molar-refractivity contribution in [3.63, 3.8) is 0 Å². The van der Waals surface area contributed by atoms with Crippen molar-refractivity contribution in [2.24, 2.45) is 12.8 Å². The number of nitrogens with zero attached hydrogens (tertiary/aromatic N) is 2. The number of nitrogens with two attached hydrogens (primary N) is 1. The molecule has 9 heteroatoms. The molecule has 3 N–H and O–H groups in total. The van der Waals surface area contributed by atoms with E-state index in [2.05, 4.69) is 4.98 Å². The van der Waals surface area contributed by atoms with Gasteiger partial charge in [0, 0.05) is 7.05 Å². The lowest BCUT2D eigenvalue weighted by Gasteiger charge is -1.93. The van der Waals surface area contributed by atoms with Crippen LogP contribution in [0.15, 0.2) is 12.5 Å². The summed E-state index contributed by atoms with van der Waals surface area (Å²) < 4.78 is 33.3. The first-order valence-corrected chi connectivity index (χ1v) is 3.72. The van der Waals surface area contributed by atoms with Crippen LogP contribution in [0.5, 0.6) is 0 Å². The lowest BCUT2D eigenvalue weighted by Crippen LogP contribution is -2.21. The molecule has 0 spiro atoms. The van der Waals surface area contributed by atoms with E-state index in [-0.39, 0.29) is 0 Å². The average molecular weight is 239 g/mol. The number of hydrogen-bond acceptors (Lipinski definition) is 3. The normalized spacial score (nSPS) is 10.2. The van der Waals surface area contributed by atoms with Gasteiger partial charge in [0.1, 0.15) is 5.69 Å². The molecule has 1 rings (SSSR count). The average Bonchev–Trinajstić information content (AvgIpc) is 2.50. The van der Waals surface area contributed by atoms with Gasteiger partial charge in [-0.2, -0.15) is 13.2 Å². The SMILES string of the molecule is Cn1cncc1C(N)=O.O=C(O)C(F)(F)F. The smallest absolute Gasteiger partial charge is 0.475 e. The van der Waals surface area contributed by atoms with Crippen LogP contribution >= 0.6 is 0 Å². The zero-order valence-corrected chi connectivity index (χ0v) is 8.02. The van der Waals surface area contributed by atoms with Gasteiger partial charge in [0.2, 0.25) is 0 Å². The maximum absolute atomic E-state index is 10.6. The predicted octanol–water partition coefficient (Wildman–Crippen LogP) is 0.152. The van der Waals surface area contributed by atoms with E-state index in [1.54, 1.807) is 11.6 Å². The highest BCUT2D eigenvalue weighted by atomic mass is 19.4.